The van der Waals surface area contributed by atoms with Crippen molar-refractivity contribution in [2.24, 2.45) is 5.41 Å². The zero-order chi connectivity index (χ0) is 14.8. The molecule has 20 heavy (non-hydrogen) atoms. The zero-order valence-corrected chi connectivity index (χ0v) is 11.8. The Labute approximate surface area is 117 Å². The molecule has 1 heterocycles. The van der Waals surface area contributed by atoms with Crippen LogP contribution in [0.1, 0.15) is 13.3 Å². The first-order valence-electron chi connectivity index (χ1n) is 6.29. The van der Waals surface area contributed by atoms with Crippen LogP contribution in [0.5, 0.6) is 11.5 Å². The van der Waals surface area contributed by atoms with Crippen LogP contribution >= 0.6 is 0 Å². The lowest BCUT2D eigenvalue weighted by molar-refractivity contribution is -0.126. The predicted molar refractivity (Wildman–Crippen MR) is 73.9 cm³/mol. The van der Waals surface area contributed by atoms with E-state index in [0.717, 1.165) is 0 Å². The van der Waals surface area contributed by atoms with Gasteiger partial charge in [0.25, 0.3) is 0 Å². The van der Waals surface area contributed by atoms with Gasteiger partial charge in [0.15, 0.2) is 0 Å². The molecule has 0 saturated carbocycles. The Morgan fingerprint density at radius 3 is 2.65 bits per heavy atom. The lowest BCUT2D eigenvalue weighted by Crippen LogP contribution is -2.35. The van der Waals surface area contributed by atoms with Crippen molar-refractivity contribution in [1.82, 2.24) is 5.32 Å². The Morgan fingerprint density at radius 2 is 2.10 bits per heavy atom. The molecule has 0 aromatic heterocycles. The first kappa shape index (κ1) is 14.2. The second-order valence-electron chi connectivity index (χ2n) is 5.03. The number of amides is 2. The molecule has 1 atom stereocenters. The van der Waals surface area contributed by atoms with Crippen molar-refractivity contribution in [2.45, 2.75) is 13.3 Å². The van der Waals surface area contributed by atoms with E-state index >= 15 is 0 Å². The SMILES string of the molecule is COc1ccc(NC(=O)C2(C)CNC(=O)C2)c(OC)c1. The maximum atomic E-state index is 12.3. The van der Waals surface area contributed by atoms with E-state index < -0.39 is 5.41 Å². The van der Waals surface area contributed by atoms with E-state index in [4.69, 9.17) is 9.47 Å². The van der Waals surface area contributed by atoms with Crippen LogP contribution in [0, 0.1) is 5.41 Å². The molecule has 1 aliphatic heterocycles. The predicted octanol–water partition coefficient (Wildman–Crippen LogP) is 1.17. The highest BCUT2D eigenvalue weighted by atomic mass is 16.5. The van der Waals surface area contributed by atoms with Crippen LogP contribution in [-0.2, 0) is 9.59 Å². The Bertz CT molecular complexity index is 544. The molecule has 0 aliphatic carbocycles. The summed E-state index contributed by atoms with van der Waals surface area (Å²) in [5, 5.41) is 5.48. The number of rotatable bonds is 4. The molecule has 2 amide bonds. The minimum atomic E-state index is -0.734. The van der Waals surface area contributed by atoms with Crippen LogP contribution in [0.3, 0.4) is 0 Å². The van der Waals surface area contributed by atoms with Crippen LogP contribution in [0.25, 0.3) is 0 Å². The lowest BCUT2D eigenvalue weighted by atomic mass is 9.88. The monoisotopic (exact) mass is 278 g/mol. The van der Waals surface area contributed by atoms with Gasteiger partial charge >= 0.3 is 0 Å². The number of nitrogens with one attached hydrogen (secondary N) is 2. The van der Waals surface area contributed by atoms with Crippen molar-refractivity contribution in [2.75, 3.05) is 26.1 Å². The van der Waals surface area contributed by atoms with Gasteiger partial charge in [-0.3, -0.25) is 9.59 Å². The van der Waals surface area contributed by atoms with Crippen LogP contribution in [-0.4, -0.2) is 32.6 Å². The Morgan fingerprint density at radius 1 is 1.35 bits per heavy atom. The summed E-state index contributed by atoms with van der Waals surface area (Å²) in [7, 11) is 3.08. The van der Waals surface area contributed by atoms with Gasteiger partial charge in [-0.1, -0.05) is 0 Å². The summed E-state index contributed by atoms with van der Waals surface area (Å²) in [6, 6.07) is 5.14. The minimum Gasteiger partial charge on any atom is -0.497 e. The Kier molecular flexibility index (Phi) is 3.83. The molecule has 0 spiro atoms. The van der Waals surface area contributed by atoms with E-state index in [-0.39, 0.29) is 18.2 Å². The van der Waals surface area contributed by atoms with E-state index in [1.807, 2.05) is 0 Å². The summed E-state index contributed by atoms with van der Waals surface area (Å²) in [4.78, 5) is 23.6. The number of hydrogen-bond donors (Lipinski definition) is 2. The van der Waals surface area contributed by atoms with Gasteiger partial charge in [0.05, 0.1) is 25.3 Å². The van der Waals surface area contributed by atoms with Crippen LogP contribution in [0.15, 0.2) is 18.2 Å². The summed E-state index contributed by atoms with van der Waals surface area (Å²) in [6.45, 7) is 2.10. The molecule has 0 radical (unpaired) electrons. The fourth-order valence-corrected chi connectivity index (χ4v) is 2.11. The van der Waals surface area contributed by atoms with Crippen LogP contribution < -0.4 is 20.1 Å². The number of carbonyl (C=O) groups is 2. The molecular weight excluding hydrogens is 260 g/mol. The molecule has 6 heteroatoms. The zero-order valence-electron chi connectivity index (χ0n) is 11.8. The van der Waals surface area contributed by atoms with Gasteiger partial charge in [-0.15, -0.1) is 0 Å². The molecule has 2 rings (SSSR count). The summed E-state index contributed by atoms with van der Waals surface area (Å²) in [6.07, 6.45) is 0.192. The molecule has 1 saturated heterocycles. The number of methoxy groups -OCH3 is 2. The smallest absolute Gasteiger partial charge is 0.232 e. The third-order valence-corrected chi connectivity index (χ3v) is 3.43. The normalized spacial score (nSPS) is 21.2. The van der Waals surface area contributed by atoms with Crippen molar-refractivity contribution in [3.63, 3.8) is 0 Å². The minimum absolute atomic E-state index is 0.107. The highest BCUT2D eigenvalue weighted by Gasteiger charge is 2.40. The van der Waals surface area contributed by atoms with E-state index in [2.05, 4.69) is 10.6 Å². The fourth-order valence-electron chi connectivity index (χ4n) is 2.11. The number of ether oxygens (including phenoxy) is 2. The van der Waals surface area contributed by atoms with Gasteiger partial charge in [0.2, 0.25) is 11.8 Å². The molecule has 1 unspecified atom stereocenters. The second kappa shape index (κ2) is 5.40. The van der Waals surface area contributed by atoms with E-state index in [9.17, 15) is 9.59 Å². The molecule has 1 aromatic rings. The van der Waals surface area contributed by atoms with Crippen molar-refractivity contribution >= 4 is 17.5 Å². The molecule has 1 fully saturated rings. The van der Waals surface area contributed by atoms with Gasteiger partial charge in [0.1, 0.15) is 11.5 Å². The molecule has 1 aliphatic rings. The molecule has 0 bridgehead atoms. The number of benzene rings is 1. The Balaban J connectivity index is 2.17. The quantitative estimate of drug-likeness (QED) is 0.866. The summed E-state index contributed by atoms with van der Waals surface area (Å²) in [5.74, 6) is 0.839. The maximum Gasteiger partial charge on any atom is 0.232 e. The van der Waals surface area contributed by atoms with Crippen molar-refractivity contribution in [3.05, 3.63) is 18.2 Å². The van der Waals surface area contributed by atoms with E-state index in [0.29, 0.717) is 23.7 Å². The summed E-state index contributed by atoms with van der Waals surface area (Å²) < 4.78 is 10.3. The Hall–Kier alpha value is -2.24. The van der Waals surface area contributed by atoms with Crippen LogP contribution in [0.2, 0.25) is 0 Å². The molecule has 6 nitrogen and oxygen atoms in total. The van der Waals surface area contributed by atoms with Crippen molar-refractivity contribution in [1.29, 1.82) is 0 Å². The van der Waals surface area contributed by atoms with Gasteiger partial charge in [-0.25, -0.2) is 0 Å². The maximum absolute atomic E-state index is 12.3. The average molecular weight is 278 g/mol. The largest absolute Gasteiger partial charge is 0.497 e. The van der Waals surface area contributed by atoms with Gasteiger partial charge in [0, 0.05) is 19.0 Å². The number of carbonyl (C=O) groups excluding carboxylic acids is 2. The lowest BCUT2D eigenvalue weighted by Gasteiger charge is -2.21. The van der Waals surface area contributed by atoms with Crippen molar-refractivity contribution in [3.8, 4) is 11.5 Å². The fraction of sp³-hybridized carbons (Fsp3) is 0.429. The number of hydrogen-bond acceptors (Lipinski definition) is 4. The molecule has 1 aromatic carbocycles. The van der Waals surface area contributed by atoms with Crippen LogP contribution in [0.4, 0.5) is 5.69 Å². The van der Waals surface area contributed by atoms with Gasteiger partial charge in [-0.2, -0.15) is 0 Å². The first-order chi connectivity index (χ1) is 9.48. The van der Waals surface area contributed by atoms with Gasteiger partial charge in [-0.05, 0) is 19.1 Å². The second-order valence-corrected chi connectivity index (χ2v) is 5.03. The molecule has 108 valence electrons. The number of anilines is 1. The first-order valence-corrected chi connectivity index (χ1v) is 6.29. The third-order valence-electron chi connectivity index (χ3n) is 3.43. The third kappa shape index (κ3) is 2.68. The summed E-state index contributed by atoms with van der Waals surface area (Å²) >= 11 is 0. The topological polar surface area (TPSA) is 76.7 Å². The van der Waals surface area contributed by atoms with Gasteiger partial charge < -0.3 is 20.1 Å². The highest BCUT2D eigenvalue weighted by molar-refractivity contribution is 6.00. The standard InChI is InChI=1S/C14H18N2O4/c1-14(7-12(17)15-8-14)13(18)16-10-5-4-9(19-2)6-11(10)20-3/h4-6H,7-8H2,1-3H3,(H,15,17)(H,16,18). The highest BCUT2D eigenvalue weighted by Crippen LogP contribution is 2.32. The van der Waals surface area contributed by atoms with Crippen molar-refractivity contribution < 1.29 is 19.1 Å². The van der Waals surface area contributed by atoms with E-state index in [1.165, 1.54) is 7.11 Å². The molecular formula is C14H18N2O4. The molecule has 2 N–H and O–H groups in total. The van der Waals surface area contributed by atoms with E-state index in [1.54, 1.807) is 32.2 Å². The average Bonchev–Trinajstić information content (AvgIpc) is 2.80. The summed E-state index contributed by atoms with van der Waals surface area (Å²) in [5.41, 5.74) is -0.180.